The number of carbonyl (C=O) groups is 2. The molecule has 1 N–H and O–H groups in total. The number of para-hydroxylation sites is 1. The van der Waals surface area contributed by atoms with E-state index in [-0.39, 0.29) is 23.6 Å². The first-order chi connectivity index (χ1) is 17.5. The SMILES string of the molecule is COc1cccc([C@@H](C(=O)NC2CCCC2)N(CCc2cccc(C)c2)C(=O)c2ccco2)c1OC. The number of nitrogens with one attached hydrogen (secondary N) is 1. The molecule has 0 radical (unpaired) electrons. The number of hydrogen-bond donors (Lipinski definition) is 1. The summed E-state index contributed by atoms with van der Waals surface area (Å²) in [4.78, 5) is 29.3. The zero-order valence-electron chi connectivity index (χ0n) is 21.2. The molecule has 1 aliphatic rings. The fourth-order valence-corrected chi connectivity index (χ4v) is 4.94. The van der Waals surface area contributed by atoms with E-state index in [0.29, 0.717) is 30.0 Å². The number of amides is 2. The second kappa shape index (κ2) is 11.8. The minimum Gasteiger partial charge on any atom is -0.493 e. The van der Waals surface area contributed by atoms with Gasteiger partial charge < -0.3 is 24.1 Å². The van der Waals surface area contributed by atoms with E-state index < -0.39 is 6.04 Å². The molecule has 7 nitrogen and oxygen atoms in total. The molecule has 0 bridgehead atoms. The van der Waals surface area contributed by atoms with Crippen molar-refractivity contribution in [2.45, 2.75) is 51.1 Å². The first kappa shape index (κ1) is 25.4. The standard InChI is InChI=1S/C29H34N2O5/c1-20-9-6-10-21(19-20)16-17-31(29(33)25-15-8-18-36-25)26(28(32)30-22-11-4-5-12-22)23-13-7-14-24(34-2)27(23)35-3/h6-10,13-15,18-19,22,26H,4-5,11-12,16-17H2,1-3H3,(H,30,32)/t26-/m0/s1. The normalized spacial score (nSPS) is 14.3. The van der Waals surface area contributed by atoms with Crippen LogP contribution < -0.4 is 14.8 Å². The van der Waals surface area contributed by atoms with Gasteiger partial charge in [0.1, 0.15) is 6.04 Å². The predicted octanol–water partition coefficient (Wildman–Crippen LogP) is 5.09. The Bertz CT molecular complexity index is 1170. The lowest BCUT2D eigenvalue weighted by atomic mass is 10.00. The van der Waals surface area contributed by atoms with E-state index in [1.165, 1.54) is 6.26 Å². The average molecular weight is 491 g/mol. The van der Waals surface area contributed by atoms with Crippen molar-refractivity contribution in [1.29, 1.82) is 0 Å². The molecule has 1 aliphatic carbocycles. The molecular weight excluding hydrogens is 456 g/mol. The third kappa shape index (κ3) is 5.73. The van der Waals surface area contributed by atoms with Crippen LogP contribution in [0.1, 0.15) is 59.0 Å². The molecule has 36 heavy (non-hydrogen) atoms. The highest BCUT2D eigenvalue weighted by atomic mass is 16.5. The van der Waals surface area contributed by atoms with Gasteiger partial charge in [-0.25, -0.2) is 0 Å². The molecule has 1 saturated carbocycles. The van der Waals surface area contributed by atoms with Gasteiger partial charge >= 0.3 is 0 Å². The highest BCUT2D eigenvalue weighted by Gasteiger charge is 2.36. The van der Waals surface area contributed by atoms with Crippen LogP contribution in [0, 0.1) is 6.92 Å². The number of methoxy groups -OCH3 is 2. The molecule has 0 spiro atoms. The topological polar surface area (TPSA) is 81.0 Å². The second-order valence-corrected chi connectivity index (χ2v) is 9.19. The van der Waals surface area contributed by atoms with Crippen LogP contribution in [0.15, 0.2) is 65.3 Å². The average Bonchev–Trinajstić information content (AvgIpc) is 3.60. The van der Waals surface area contributed by atoms with E-state index in [9.17, 15) is 9.59 Å². The molecule has 1 heterocycles. The van der Waals surface area contributed by atoms with Gasteiger partial charge in [0.2, 0.25) is 5.91 Å². The molecule has 4 rings (SSSR count). The largest absolute Gasteiger partial charge is 0.493 e. The summed E-state index contributed by atoms with van der Waals surface area (Å²) in [5, 5.41) is 3.19. The lowest BCUT2D eigenvalue weighted by Crippen LogP contribution is -2.47. The van der Waals surface area contributed by atoms with Crippen molar-refractivity contribution in [3.05, 3.63) is 83.3 Å². The summed E-state index contributed by atoms with van der Waals surface area (Å²) in [7, 11) is 3.09. The Hall–Kier alpha value is -3.74. The molecule has 1 atom stereocenters. The van der Waals surface area contributed by atoms with Gasteiger partial charge in [-0.15, -0.1) is 0 Å². The summed E-state index contributed by atoms with van der Waals surface area (Å²) < 4.78 is 16.7. The van der Waals surface area contributed by atoms with Gasteiger partial charge in [0.25, 0.3) is 5.91 Å². The Balaban J connectivity index is 1.77. The Morgan fingerprint density at radius 3 is 2.50 bits per heavy atom. The van der Waals surface area contributed by atoms with Crippen LogP contribution >= 0.6 is 0 Å². The second-order valence-electron chi connectivity index (χ2n) is 9.19. The van der Waals surface area contributed by atoms with E-state index in [0.717, 1.165) is 36.8 Å². The molecule has 3 aromatic rings. The zero-order chi connectivity index (χ0) is 25.5. The number of rotatable bonds is 10. The fraction of sp³-hybridized carbons (Fsp3) is 0.379. The molecule has 1 fully saturated rings. The van der Waals surface area contributed by atoms with Crippen molar-refractivity contribution >= 4 is 11.8 Å². The minimum absolute atomic E-state index is 0.0916. The number of hydrogen-bond acceptors (Lipinski definition) is 5. The van der Waals surface area contributed by atoms with E-state index in [1.54, 1.807) is 37.3 Å². The molecule has 2 amide bonds. The Morgan fingerprint density at radius 2 is 1.83 bits per heavy atom. The number of nitrogens with zero attached hydrogens (tertiary/aromatic N) is 1. The van der Waals surface area contributed by atoms with Gasteiger partial charge in [-0.3, -0.25) is 9.59 Å². The molecule has 2 aromatic carbocycles. The number of ether oxygens (including phenoxy) is 2. The zero-order valence-corrected chi connectivity index (χ0v) is 21.2. The van der Waals surface area contributed by atoms with Crippen LogP contribution in [0.2, 0.25) is 0 Å². The smallest absolute Gasteiger partial charge is 0.290 e. The van der Waals surface area contributed by atoms with Crippen molar-refractivity contribution in [2.75, 3.05) is 20.8 Å². The Kier molecular flexibility index (Phi) is 8.31. The molecule has 0 aliphatic heterocycles. The number of aryl methyl sites for hydroxylation is 1. The molecular formula is C29H34N2O5. The number of carbonyl (C=O) groups excluding carboxylic acids is 2. The predicted molar refractivity (Wildman–Crippen MR) is 137 cm³/mol. The van der Waals surface area contributed by atoms with Gasteiger partial charge in [0, 0.05) is 18.2 Å². The third-order valence-electron chi connectivity index (χ3n) is 6.71. The van der Waals surface area contributed by atoms with Crippen LogP contribution in [0.5, 0.6) is 11.5 Å². The van der Waals surface area contributed by atoms with Crippen molar-refractivity contribution in [3.8, 4) is 11.5 Å². The Labute approximate surface area is 212 Å². The maximum absolute atomic E-state index is 13.9. The van der Waals surface area contributed by atoms with E-state index in [1.807, 2.05) is 37.3 Å². The van der Waals surface area contributed by atoms with Crippen molar-refractivity contribution in [3.63, 3.8) is 0 Å². The first-order valence-electron chi connectivity index (χ1n) is 12.4. The Morgan fingerprint density at radius 1 is 1.06 bits per heavy atom. The summed E-state index contributed by atoms with van der Waals surface area (Å²) >= 11 is 0. The lowest BCUT2D eigenvalue weighted by molar-refractivity contribution is -0.126. The van der Waals surface area contributed by atoms with Crippen LogP contribution in [0.4, 0.5) is 0 Å². The summed E-state index contributed by atoms with van der Waals surface area (Å²) in [6, 6.07) is 16.0. The van der Waals surface area contributed by atoms with Gasteiger partial charge in [-0.1, -0.05) is 54.8 Å². The number of furan rings is 1. The van der Waals surface area contributed by atoms with Crippen LogP contribution in [0.3, 0.4) is 0 Å². The van der Waals surface area contributed by atoms with Crippen LogP contribution in [-0.2, 0) is 11.2 Å². The van der Waals surface area contributed by atoms with Gasteiger partial charge in [-0.2, -0.15) is 0 Å². The highest BCUT2D eigenvalue weighted by Crippen LogP contribution is 2.38. The van der Waals surface area contributed by atoms with Gasteiger partial charge in [0.05, 0.1) is 20.5 Å². The molecule has 7 heteroatoms. The number of benzene rings is 2. The minimum atomic E-state index is -0.932. The maximum Gasteiger partial charge on any atom is 0.290 e. The fourth-order valence-electron chi connectivity index (χ4n) is 4.94. The first-order valence-corrected chi connectivity index (χ1v) is 12.4. The monoisotopic (exact) mass is 490 g/mol. The summed E-state index contributed by atoms with van der Waals surface area (Å²) in [5.41, 5.74) is 2.79. The lowest BCUT2D eigenvalue weighted by Gasteiger charge is -2.32. The van der Waals surface area contributed by atoms with Crippen LogP contribution in [-0.4, -0.2) is 43.5 Å². The molecule has 1 aromatic heterocycles. The van der Waals surface area contributed by atoms with E-state index in [4.69, 9.17) is 13.9 Å². The van der Waals surface area contributed by atoms with E-state index >= 15 is 0 Å². The van der Waals surface area contributed by atoms with E-state index in [2.05, 4.69) is 11.4 Å². The summed E-state index contributed by atoms with van der Waals surface area (Å²) in [5.74, 6) is 0.513. The van der Waals surface area contributed by atoms with Crippen molar-refractivity contribution in [2.24, 2.45) is 0 Å². The molecule has 190 valence electrons. The maximum atomic E-state index is 13.9. The van der Waals surface area contributed by atoms with Gasteiger partial charge in [0.15, 0.2) is 17.3 Å². The summed E-state index contributed by atoms with van der Waals surface area (Å²) in [6.07, 6.45) is 6.08. The molecule has 0 saturated heterocycles. The third-order valence-corrected chi connectivity index (χ3v) is 6.71. The molecule has 0 unspecified atom stereocenters. The van der Waals surface area contributed by atoms with Gasteiger partial charge in [-0.05, 0) is 49.9 Å². The summed E-state index contributed by atoms with van der Waals surface area (Å²) in [6.45, 7) is 2.35. The quantitative estimate of drug-likeness (QED) is 0.428. The van der Waals surface area contributed by atoms with Crippen molar-refractivity contribution < 1.29 is 23.5 Å². The van der Waals surface area contributed by atoms with Crippen LogP contribution in [0.25, 0.3) is 0 Å². The highest BCUT2D eigenvalue weighted by molar-refractivity contribution is 5.96. The van der Waals surface area contributed by atoms with Crippen molar-refractivity contribution in [1.82, 2.24) is 10.2 Å².